The molecule has 0 aliphatic carbocycles. The summed E-state index contributed by atoms with van der Waals surface area (Å²) in [5.41, 5.74) is 1.06. The van der Waals surface area contributed by atoms with E-state index in [0.717, 1.165) is 39.0 Å². The standard InChI is InChI=1S/C14H17IN4S/c1-3-8-16-12-9-13(19-14(18-12)20-2)17-11-7-5-4-6-10(11)15/h4-7,9H,3,8H2,1-2H3,(H2,16,17,18,19). The minimum Gasteiger partial charge on any atom is -0.370 e. The van der Waals surface area contributed by atoms with E-state index in [1.54, 1.807) is 11.8 Å². The molecule has 2 rings (SSSR count). The number of thioether (sulfide) groups is 1. The fraction of sp³-hybridized carbons (Fsp3) is 0.286. The predicted molar refractivity (Wildman–Crippen MR) is 95.0 cm³/mol. The Hall–Kier alpha value is -1.02. The number of anilines is 3. The summed E-state index contributed by atoms with van der Waals surface area (Å²) in [6.45, 7) is 3.04. The first-order valence-electron chi connectivity index (χ1n) is 6.41. The van der Waals surface area contributed by atoms with Gasteiger partial charge in [0.15, 0.2) is 5.16 Å². The number of rotatable bonds is 6. The quantitative estimate of drug-likeness (QED) is 0.429. The molecule has 0 spiro atoms. The maximum absolute atomic E-state index is 4.49. The topological polar surface area (TPSA) is 49.8 Å². The summed E-state index contributed by atoms with van der Waals surface area (Å²) in [5, 5.41) is 7.42. The molecule has 1 heterocycles. The van der Waals surface area contributed by atoms with Crippen molar-refractivity contribution in [2.45, 2.75) is 18.5 Å². The van der Waals surface area contributed by atoms with Crippen molar-refractivity contribution in [2.24, 2.45) is 0 Å². The van der Waals surface area contributed by atoms with Crippen molar-refractivity contribution in [3.05, 3.63) is 33.9 Å². The van der Waals surface area contributed by atoms with E-state index in [4.69, 9.17) is 0 Å². The summed E-state index contributed by atoms with van der Waals surface area (Å²) in [4.78, 5) is 8.95. The van der Waals surface area contributed by atoms with Crippen LogP contribution in [0, 0.1) is 3.57 Å². The molecule has 0 atom stereocenters. The van der Waals surface area contributed by atoms with Crippen LogP contribution in [-0.4, -0.2) is 22.8 Å². The Kier molecular flexibility index (Phi) is 5.90. The third kappa shape index (κ3) is 4.24. The molecule has 20 heavy (non-hydrogen) atoms. The van der Waals surface area contributed by atoms with Crippen molar-refractivity contribution in [1.29, 1.82) is 0 Å². The lowest BCUT2D eigenvalue weighted by atomic mass is 10.3. The van der Waals surface area contributed by atoms with Crippen molar-refractivity contribution in [2.75, 3.05) is 23.4 Å². The first kappa shape index (κ1) is 15.4. The Labute approximate surface area is 137 Å². The number of hydrogen-bond acceptors (Lipinski definition) is 5. The second-order valence-corrected chi connectivity index (χ2v) is 6.09. The Morgan fingerprint density at radius 2 is 1.95 bits per heavy atom. The Balaban J connectivity index is 2.24. The maximum atomic E-state index is 4.49. The van der Waals surface area contributed by atoms with Gasteiger partial charge in [-0.3, -0.25) is 0 Å². The highest BCUT2D eigenvalue weighted by Gasteiger charge is 2.05. The maximum Gasteiger partial charge on any atom is 0.191 e. The van der Waals surface area contributed by atoms with Gasteiger partial charge in [-0.1, -0.05) is 30.8 Å². The largest absolute Gasteiger partial charge is 0.370 e. The molecule has 0 bridgehead atoms. The number of para-hydroxylation sites is 1. The zero-order valence-corrected chi connectivity index (χ0v) is 14.5. The van der Waals surface area contributed by atoms with Crippen molar-refractivity contribution in [1.82, 2.24) is 9.97 Å². The number of halogens is 1. The number of aromatic nitrogens is 2. The predicted octanol–water partition coefficient (Wildman–Crippen LogP) is 4.37. The van der Waals surface area contributed by atoms with Gasteiger partial charge in [0.25, 0.3) is 0 Å². The zero-order chi connectivity index (χ0) is 14.4. The van der Waals surface area contributed by atoms with Gasteiger partial charge in [0.05, 0.1) is 5.69 Å². The smallest absolute Gasteiger partial charge is 0.191 e. The van der Waals surface area contributed by atoms with E-state index in [0.29, 0.717) is 0 Å². The lowest BCUT2D eigenvalue weighted by Crippen LogP contribution is -2.05. The van der Waals surface area contributed by atoms with Gasteiger partial charge in [-0.2, -0.15) is 0 Å². The molecular formula is C14H17IN4S. The number of benzene rings is 1. The van der Waals surface area contributed by atoms with Crippen molar-refractivity contribution < 1.29 is 0 Å². The molecule has 0 fully saturated rings. The van der Waals surface area contributed by atoms with E-state index >= 15 is 0 Å². The minimum absolute atomic E-state index is 0.763. The fourth-order valence-corrected chi connectivity index (χ4v) is 2.53. The van der Waals surface area contributed by atoms with Crippen LogP contribution in [0.3, 0.4) is 0 Å². The summed E-state index contributed by atoms with van der Waals surface area (Å²) < 4.78 is 1.16. The lowest BCUT2D eigenvalue weighted by Gasteiger charge is -2.11. The monoisotopic (exact) mass is 400 g/mol. The Bertz CT molecular complexity index is 577. The first-order chi connectivity index (χ1) is 9.72. The highest BCUT2D eigenvalue weighted by Crippen LogP contribution is 2.24. The molecule has 1 aromatic heterocycles. The van der Waals surface area contributed by atoms with E-state index in [9.17, 15) is 0 Å². The molecule has 106 valence electrons. The van der Waals surface area contributed by atoms with Crippen LogP contribution < -0.4 is 10.6 Å². The number of hydrogen-bond donors (Lipinski definition) is 2. The van der Waals surface area contributed by atoms with Gasteiger partial charge in [0.2, 0.25) is 0 Å². The fourth-order valence-electron chi connectivity index (χ4n) is 1.62. The molecule has 0 aliphatic heterocycles. The summed E-state index contributed by atoms with van der Waals surface area (Å²) in [7, 11) is 0. The van der Waals surface area contributed by atoms with Crippen LogP contribution in [0.4, 0.5) is 17.3 Å². The van der Waals surface area contributed by atoms with Gasteiger partial charge in [-0.25, -0.2) is 9.97 Å². The second kappa shape index (κ2) is 7.68. The third-order valence-electron chi connectivity index (χ3n) is 2.58. The summed E-state index contributed by atoms with van der Waals surface area (Å²) in [6, 6.07) is 10.1. The van der Waals surface area contributed by atoms with Gasteiger partial charge < -0.3 is 10.6 Å². The summed E-state index contributed by atoms with van der Waals surface area (Å²) in [6.07, 6.45) is 3.05. The van der Waals surface area contributed by atoms with Gasteiger partial charge in [0, 0.05) is 16.2 Å². The zero-order valence-electron chi connectivity index (χ0n) is 11.5. The number of nitrogens with zero attached hydrogens (tertiary/aromatic N) is 2. The second-order valence-electron chi connectivity index (χ2n) is 4.16. The van der Waals surface area contributed by atoms with Gasteiger partial charge in [-0.05, 0) is 47.4 Å². The van der Waals surface area contributed by atoms with Crippen LogP contribution in [0.2, 0.25) is 0 Å². The van der Waals surface area contributed by atoms with Crippen LogP contribution >= 0.6 is 34.4 Å². The van der Waals surface area contributed by atoms with Crippen LogP contribution in [0.1, 0.15) is 13.3 Å². The molecule has 2 N–H and O–H groups in total. The number of nitrogens with one attached hydrogen (secondary N) is 2. The average Bonchev–Trinajstić information content (AvgIpc) is 2.47. The molecule has 6 heteroatoms. The van der Waals surface area contributed by atoms with Crippen LogP contribution in [0.5, 0.6) is 0 Å². The SMILES string of the molecule is CCCNc1cc(Nc2ccccc2I)nc(SC)n1. The Morgan fingerprint density at radius 3 is 2.65 bits per heavy atom. The van der Waals surface area contributed by atoms with E-state index < -0.39 is 0 Å². The average molecular weight is 400 g/mol. The van der Waals surface area contributed by atoms with Crippen LogP contribution in [-0.2, 0) is 0 Å². The normalized spacial score (nSPS) is 10.3. The molecule has 0 aliphatic rings. The molecule has 1 aromatic carbocycles. The van der Waals surface area contributed by atoms with E-state index in [2.05, 4.69) is 56.2 Å². The molecule has 0 radical (unpaired) electrons. The van der Waals surface area contributed by atoms with Gasteiger partial charge >= 0.3 is 0 Å². The highest BCUT2D eigenvalue weighted by atomic mass is 127. The summed E-state index contributed by atoms with van der Waals surface area (Å²) in [5.74, 6) is 1.67. The van der Waals surface area contributed by atoms with Crippen molar-refractivity contribution >= 4 is 51.7 Å². The lowest BCUT2D eigenvalue weighted by molar-refractivity contribution is 0.929. The molecule has 0 unspecified atom stereocenters. The summed E-state index contributed by atoms with van der Waals surface area (Å²) >= 11 is 3.85. The molecule has 2 aromatic rings. The minimum atomic E-state index is 0.763. The van der Waals surface area contributed by atoms with Crippen LogP contribution in [0.25, 0.3) is 0 Å². The molecule has 0 amide bonds. The van der Waals surface area contributed by atoms with Gasteiger partial charge in [-0.15, -0.1) is 0 Å². The van der Waals surface area contributed by atoms with Crippen molar-refractivity contribution in [3.63, 3.8) is 0 Å². The van der Waals surface area contributed by atoms with Gasteiger partial charge in [0.1, 0.15) is 11.6 Å². The van der Waals surface area contributed by atoms with Crippen LogP contribution in [0.15, 0.2) is 35.5 Å². The molecule has 0 saturated heterocycles. The third-order valence-corrected chi connectivity index (χ3v) is 4.07. The van der Waals surface area contributed by atoms with E-state index in [-0.39, 0.29) is 0 Å². The molecule has 4 nitrogen and oxygen atoms in total. The van der Waals surface area contributed by atoms with Crippen molar-refractivity contribution in [3.8, 4) is 0 Å². The first-order valence-corrected chi connectivity index (χ1v) is 8.71. The van der Waals surface area contributed by atoms with E-state index in [1.165, 1.54) is 0 Å². The molecular weight excluding hydrogens is 383 g/mol. The Morgan fingerprint density at radius 1 is 1.20 bits per heavy atom. The molecule has 0 saturated carbocycles. The van der Waals surface area contributed by atoms with E-state index in [1.807, 2.05) is 30.5 Å². The highest BCUT2D eigenvalue weighted by molar-refractivity contribution is 14.1.